The van der Waals surface area contributed by atoms with Crippen LogP contribution in [-0.2, 0) is 11.8 Å². The van der Waals surface area contributed by atoms with Crippen molar-refractivity contribution >= 4 is 10.9 Å². The molecule has 0 saturated heterocycles. The Bertz CT molecular complexity index is 1650. The van der Waals surface area contributed by atoms with Crippen LogP contribution in [0, 0.1) is 24.2 Å². The highest BCUT2D eigenvalue weighted by Crippen LogP contribution is 2.55. The summed E-state index contributed by atoms with van der Waals surface area (Å²) in [5.41, 5.74) is 4.66. The molecule has 0 aliphatic heterocycles. The summed E-state index contributed by atoms with van der Waals surface area (Å²) in [5.74, 6) is 1.06. The van der Waals surface area contributed by atoms with Crippen LogP contribution in [0.3, 0.4) is 0 Å². The predicted molar refractivity (Wildman–Crippen MR) is 151 cm³/mol. The van der Waals surface area contributed by atoms with Gasteiger partial charge in [0, 0.05) is 33.7 Å². The third-order valence-electron chi connectivity index (χ3n) is 8.58. The van der Waals surface area contributed by atoms with Gasteiger partial charge in [-0.25, -0.2) is 19.2 Å². The molecule has 196 valence electrons. The van der Waals surface area contributed by atoms with Crippen molar-refractivity contribution in [3.05, 3.63) is 101 Å². The van der Waals surface area contributed by atoms with Gasteiger partial charge in [0.05, 0.1) is 29.2 Å². The van der Waals surface area contributed by atoms with Gasteiger partial charge in [0.1, 0.15) is 5.82 Å². The molecule has 0 fully saturated rings. The second-order valence-electron chi connectivity index (χ2n) is 11.3. The molecule has 39 heavy (non-hydrogen) atoms. The molecule has 0 bridgehead atoms. The first-order chi connectivity index (χ1) is 18.9. The van der Waals surface area contributed by atoms with Crippen LogP contribution in [-0.4, -0.2) is 20.1 Å². The number of benzene rings is 2. The van der Waals surface area contributed by atoms with E-state index in [2.05, 4.69) is 23.7 Å². The molecule has 2 heterocycles. The van der Waals surface area contributed by atoms with Crippen LogP contribution in [0.1, 0.15) is 57.2 Å². The molecule has 6 rings (SSSR count). The molecule has 2 aromatic carbocycles. The van der Waals surface area contributed by atoms with Gasteiger partial charge in [-0.15, -0.1) is 0 Å². The molecular formula is C33H31FN4O. The molecule has 5 nitrogen and oxygen atoms in total. The van der Waals surface area contributed by atoms with Gasteiger partial charge in [0.25, 0.3) is 0 Å². The van der Waals surface area contributed by atoms with Crippen molar-refractivity contribution in [1.29, 1.82) is 0 Å². The minimum absolute atomic E-state index is 0.152. The fraction of sp³-hybridized carbons (Fsp3) is 0.333. The summed E-state index contributed by atoms with van der Waals surface area (Å²) in [6.45, 7) is 12.2. The lowest BCUT2D eigenvalue weighted by Crippen LogP contribution is -2.44. The summed E-state index contributed by atoms with van der Waals surface area (Å²) in [6, 6.07) is 16.6. The van der Waals surface area contributed by atoms with E-state index in [1.54, 1.807) is 18.3 Å². The summed E-state index contributed by atoms with van der Waals surface area (Å²) >= 11 is 0. The highest BCUT2D eigenvalue weighted by atomic mass is 19.1. The summed E-state index contributed by atoms with van der Waals surface area (Å²) in [5, 5.41) is 11.7. The van der Waals surface area contributed by atoms with Gasteiger partial charge >= 0.3 is 0 Å². The molecule has 2 aliphatic carbocycles. The molecule has 0 unspecified atom stereocenters. The Hall–Kier alpha value is -4.11. The number of hydrogen-bond acceptors (Lipinski definition) is 4. The monoisotopic (exact) mass is 518 g/mol. The maximum Gasteiger partial charge on any atom is 0.202 e. The number of para-hydroxylation sites is 1. The number of allylic oxidation sites excluding steroid dienone is 2. The normalized spacial score (nSPS) is 20.5. The summed E-state index contributed by atoms with van der Waals surface area (Å²) in [4.78, 5) is 18.6. The van der Waals surface area contributed by atoms with E-state index in [1.807, 2.05) is 36.4 Å². The first-order valence-corrected chi connectivity index (χ1v) is 13.7. The zero-order chi connectivity index (χ0) is 27.1. The summed E-state index contributed by atoms with van der Waals surface area (Å²) < 4.78 is 15.3. The van der Waals surface area contributed by atoms with Gasteiger partial charge in [0.2, 0.25) is 5.70 Å². The summed E-state index contributed by atoms with van der Waals surface area (Å²) in [6.07, 6.45) is 6.03. The molecule has 2 aromatic heterocycles. The van der Waals surface area contributed by atoms with E-state index >= 15 is 4.39 Å². The van der Waals surface area contributed by atoms with Crippen LogP contribution in [0.4, 0.5) is 4.39 Å². The highest BCUT2D eigenvalue weighted by molar-refractivity contribution is 5.92. The number of aliphatic hydroxyl groups excluding tert-OH is 1. The molecule has 2 aliphatic rings. The van der Waals surface area contributed by atoms with Gasteiger partial charge in [-0.3, -0.25) is 4.98 Å². The Morgan fingerprint density at radius 1 is 1.08 bits per heavy atom. The van der Waals surface area contributed by atoms with Crippen molar-refractivity contribution in [3.63, 3.8) is 0 Å². The lowest BCUT2D eigenvalue weighted by Gasteiger charge is -2.48. The number of rotatable bonds is 5. The van der Waals surface area contributed by atoms with Crippen LogP contribution in [0.15, 0.2) is 72.3 Å². The molecule has 0 radical (unpaired) electrons. The van der Waals surface area contributed by atoms with E-state index in [-0.39, 0.29) is 17.5 Å². The van der Waals surface area contributed by atoms with Crippen LogP contribution < -0.4 is 0 Å². The Kier molecular flexibility index (Phi) is 6.38. The quantitative estimate of drug-likeness (QED) is 0.270. The standard InChI is InChI=1S/C33H31FN4O/c1-20(2)14-16-33-19-28(35-3)29(39)18-21(33)12-13-25-30(24-9-4-6-10-26(24)34)37-32(38-31(25)33)23-15-17-36-27-11-7-5-8-22(23)27/h4-11,15,17,20-21,39H,12-14,16,18-19H2,1-2H3/t21-,33-/m1/s1. The van der Waals surface area contributed by atoms with Crippen molar-refractivity contribution in [1.82, 2.24) is 15.0 Å². The Labute approximate surface area is 228 Å². The van der Waals surface area contributed by atoms with Crippen molar-refractivity contribution in [2.45, 2.75) is 57.8 Å². The first kappa shape index (κ1) is 25.2. The van der Waals surface area contributed by atoms with Crippen molar-refractivity contribution in [2.24, 2.45) is 11.8 Å². The topological polar surface area (TPSA) is 63.3 Å². The molecule has 6 heteroatoms. The smallest absolute Gasteiger partial charge is 0.202 e. The van der Waals surface area contributed by atoms with Crippen LogP contribution in [0.2, 0.25) is 0 Å². The van der Waals surface area contributed by atoms with Gasteiger partial charge in [0.15, 0.2) is 5.82 Å². The average molecular weight is 519 g/mol. The van der Waals surface area contributed by atoms with Gasteiger partial charge in [-0.05, 0) is 68.2 Å². The maximum atomic E-state index is 15.3. The molecular weight excluding hydrogens is 487 g/mol. The average Bonchev–Trinajstić information content (AvgIpc) is 2.95. The van der Waals surface area contributed by atoms with Crippen LogP contribution >= 0.6 is 0 Å². The predicted octanol–water partition coefficient (Wildman–Crippen LogP) is 8.22. The minimum atomic E-state index is -0.426. The molecule has 0 amide bonds. The number of hydrogen-bond donors (Lipinski definition) is 1. The maximum absolute atomic E-state index is 15.3. The highest BCUT2D eigenvalue weighted by Gasteiger charge is 2.50. The third-order valence-corrected chi connectivity index (χ3v) is 8.58. The third kappa shape index (κ3) is 4.27. The number of aliphatic hydroxyl groups is 1. The lowest BCUT2D eigenvalue weighted by atomic mass is 9.57. The molecule has 0 saturated carbocycles. The zero-order valence-corrected chi connectivity index (χ0v) is 22.3. The number of nitrogens with zero attached hydrogens (tertiary/aromatic N) is 4. The van der Waals surface area contributed by atoms with E-state index in [4.69, 9.17) is 16.5 Å². The van der Waals surface area contributed by atoms with Gasteiger partial charge in [-0.1, -0.05) is 50.6 Å². The number of fused-ring (bicyclic) bond motifs is 4. The van der Waals surface area contributed by atoms with E-state index in [1.165, 1.54) is 6.07 Å². The van der Waals surface area contributed by atoms with E-state index in [0.717, 1.165) is 47.0 Å². The van der Waals surface area contributed by atoms with Crippen molar-refractivity contribution in [2.75, 3.05) is 0 Å². The van der Waals surface area contributed by atoms with E-state index in [9.17, 15) is 5.11 Å². The first-order valence-electron chi connectivity index (χ1n) is 13.7. The van der Waals surface area contributed by atoms with Gasteiger partial charge in [-0.2, -0.15) is 0 Å². The summed E-state index contributed by atoms with van der Waals surface area (Å²) in [7, 11) is 0. The molecule has 4 aromatic rings. The Morgan fingerprint density at radius 3 is 2.67 bits per heavy atom. The number of pyridine rings is 1. The second-order valence-corrected chi connectivity index (χ2v) is 11.3. The minimum Gasteiger partial charge on any atom is -0.524 e. The fourth-order valence-electron chi connectivity index (χ4n) is 6.55. The largest absolute Gasteiger partial charge is 0.524 e. The molecule has 1 N–H and O–H groups in total. The zero-order valence-electron chi connectivity index (χ0n) is 22.3. The van der Waals surface area contributed by atoms with Crippen molar-refractivity contribution < 1.29 is 9.50 Å². The van der Waals surface area contributed by atoms with E-state index in [0.29, 0.717) is 48.0 Å². The number of aromatic nitrogens is 3. The Morgan fingerprint density at radius 2 is 1.87 bits per heavy atom. The van der Waals surface area contributed by atoms with Crippen LogP contribution in [0.5, 0.6) is 0 Å². The van der Waals surface area contributed by atoms with Crippen LogP contribution in [0.25, 0.3) is 38.4 Å². The van der Waals surface area contributed by atoms with E-state index < -0.39 is 5.41 Å². The second kappa shape index (κ2) is 9.89. The van der Waals surface area contributed by atoms with Gasteiger partial charge < -0.3 is 5.11 Å². The van der Waals surface area contributed by atoms with Crippen molar-refractivity contribution in [3.8, 4) is 22.6 Å². The molecule has 2 atom stereocenters. The SMILES string of the molecule is [C-]#[N+]C1=C(O)C[C@H]2CCc3c(-c4ccccc4F)nc(-c4ccnc5ccccc45)nc3[C@]2(CCC(C)C)C1. The lowest BCUT2D eigenvalue weighted by molar-refractivity contribution is 0.156. The molecule has 0 spiro atoms. The number of halogens is 1. The fourth-order valence-corrected chi connectivity index (χ4v) is 6.55. The Balaban J connectivity index is 1.67.